The number of thioether (sulfide) groups is 1. The summed E-state index contributed by atoms with van der Waals surface area (Å²) in [7, 11) is 3.21. The number of amidine groups is 1. The van der Waals surface area contributed by atoms with Crippen LogP contribution in [0.2, 0.25) is 5.02 Å². The number of carbonyl (C=O) groups excluding carboxylic acids is 2. The van der Waals surface area contributed by atoms with E-state index in [1.54, 1.807) is 14.1 Å². The fraction of sp³-hybridized carbons (Fsp3) is 0.308. The summed E-state index contributed by atoms with van der Waals surface area (Å²) in [5.41, 5.74) is 0.389. The van der Waals surface area contributed by atoms with Crippen LogP contribution in [0, 0.1) is 5.82 Å². The lowest BCUT2D eigenvalue weighted by atomic mass is 10.2. The SMILES string of the molecule is CN=C1S[C@@H](CC(=O)Nc2ccc(F)c(Cl)c2)C(=O)N1C. The van der Waals surface area contributed by atoms with E-state index in [0.29, 0.717) is 10.9 Å². The maximum Gasteiger partial charge on any atom is 0.242 e. The van der Waals surface area contributed by atoms with E-state index in [-0.39, 0.29) is 23.3 Å². The average molecular weight is 330 g/mol. The van der Waals surface area contributed by atoms with Crippen molar-refractivity contribution >= 4 is 46.0 Å². The first-order valence-electron chi connectivity index (χ1n) is 6.08. The molecule has 0 unspecified atom stereocenters. The highest BCUT2D eigenvalue weighted by Crippen LogP contribution is 2.28. The predicted molar refractivity (Wildman–Crippen MR) is 82.2 cm³/mol. The molecule has 0 saturated carbocycles. The molecule has 1 aromatic carbocycles. The number of aliphatic imine (C=N–C) groups is 1. The first kappa shape index (κ1) is 15.8. The first-order chi connectivity index (χ1) is 9.92. The summed E-state index contributed by atoms with van der Waals surface area (Å²) in [6.45, 7) is 0. The number of amides is 2. The molecule has 1 fully saturated rings. The third kappa shape index (κ3) is 3.54. The normalized spacial score (nSPS) is 20.2. The molecular formula is C13H13ClFN3O2S. The van der Waals surface area contributed by atoms with Crippen molar-refractivity contribution < 1.29 is 14.0 Å². The lowest BCUT2D eigenvalue weighted by molar-refractivity contribution is -0.127. The van der Waals surface area contributed by atoms with Gasteiger partial charge in [0.25, 0.3) is 0 Å². The Balaban J connectivity index is 1.99. The van der Waals surface area contributed by atoms with Gasteiger partial charge < -0.3 is 5.32 Å². The second-order valence-corrected chi connectivity index (χ2v) is 5.97. The van der Waals surface area contributed by atoms with E-state index in [1.807, 2.05) is 0 Å². The Bertz CT molecular complexity index is 623. The van der Waals surface area contributed by atoms with Crippen LogP contribution >= 0.6 is 23.4 Å². The van der Waals surface area contributed by atoms with Crippen molar-refractivity contribution in [1.29, 1.82) is 0 Å². The molecule has 5 nitrogen and oxygen atoms in total. The topological polar surface area (TPSA) is 61.8 Å². The number of nitrogens with zero attached hydrogens (tertiary/aromatic N) is 2. The summed E-state index contributed by atoms with van der Waals surface area (Å²) >= 11 is 6.89. The zero-order valence-corrected chi connectivity index (χ0v) is 13.0. The van der Waals surface area contributed by atoms with Crippen LogP contribution in [0.4, 0.5) is 10.1 Å². The Hall–Kier alpha value is -1.60. The molecule has 1 heterocycles. The van der Waals surface area contributed by atoms with Gasteiger partial charge in [0.15, 0.2) is 5.17 Å². The molecule has 21 heavy (non-hydrogen) atoms. The van der Waals surface area contributed by atoms with Crippen LogP contribution in [0.15, 0.2) is 23.2 Å². The number of benzene rings is 1. The monoisotopic (exact) mass is 329 g/mol. The fourth-order valence-corrected chi connectivity index (χ4v) is 3.14. The molecule has 0 radical (unpaired) electrons. The van der Waals surface area contributed by atoms with Crippen LogP contribution in [-0.2, 0) is 9.59 Å². The van der Waals surface area contributed by atoms with E-state index in [0.717, 1.165) is 0 Å². The highest BCUT2D eigenvalue weighted by atomic mass is 35.5. The maximum absolute atomic E-state index is 13.0. The quantitative estimate of drug-likeness (QED) is 0.926. The Morgan fingerprint density at radius 2 is 2.29 bits per heavy atom. The van der Waals surface area contributed by atoms with Crippen LogP contribution < -0.4 is 5.32 Å². The van der Waals surface area contributed by atoms with Gasteiger partial charge in [-0.3, -0.25) is 19.5 Å². The van der Waals surface area contributed by atoms with E-state index in [2.05, 4.69) is 10.3 Å². The summed E-state index contributed by atoms with van der Waals surface area (Å²) in [6.07, 6.45) is 0.0157. The van der Waals surface area contributed by atoms with Gasteiger partial charge in [-0.05, 0) is 18.2 Å². The highest BCUT2D eigenvalue weighted by Gasteiger charge is 2.36. The smallest absolute Gasteiger partial charge is 0.242 e. The van der Waals surface area contributed by atoms with E-state index < -0.39 is 11.1 Å². The second-order valence-electron chi connectivity index (χ2n) is 4.39. The maximum atomic E-state index is 13.0. The average Bonchev–Trinajstić information content (AvgIpc) is 2.70. The van der Waals surface area contributed by atoms with Gasteiger partial charge in [0, 0.05) is 26.2 Å². The Kier molecular flexibility index (Phi) is 4.84. The second kappa shape index (κ2) is 6.44. The van der Waals surface area contributed by atoms with Crippen LogP contribution in [0.1, 0.15) is 6.42 Å². The van der Waals surface area contributed by atoms with Gasteiger partial charge in [0.05, 0.1) is 5.02 Å². The van der Waals surface area contributed by atoms with Gasteiger partial charge in [-0.15, -0.1) is 0 Å². The predicted octanol–water partition coefficient (Wildman–Crippen LogP) is 2.37. The number of nitrogens with one attached hydrogen (secondary N) is 1. The summed E-state index contributed by atoms with van der Waals surface area (Å²) in [5, 5.41) is 2.61. The number of hydrogen-bond donors (Lipinski definition) is 1. The largest absolute Gasteiger partial charge is 0.326 e. The van der Waals surface area contributed by atoms with E-state index in [4.69, 9.17) is 11.6 Å². The minimum absolute atomic E-state index is 0.0157. The summed E-state index contributed by atoms with van der Waals surface area (Å²) in [4.78, 5) is 29.3. The molecule has 112 valence electrons. The number of hydrogen-bond acceptors (Lipinski definition) is 4. The number of halogens is 2. The third-order valence-corrected chi connectivity index (χ3v) is 4.52. The standard InChI is InChI=1S/C13H13ClFN3O2S/c1-16-13-18(2)12(20)10(21-13)6-11(19)17-7-3-4-9(15)8(14)5-7/h3-5,10H,6H2,1-2H3,(H,17,19)/t10-/m0/s1. The lowest BCUT2D eigenvalue weighted by Gasteiger charge is -2.09. The fourth-order valence-electron chi connectivity index (χ4n) is 1.85. The zero-order valence-electron chi connectivity index (χ0n) is 11.4. The number of rotatable bonds is 3. The van der Waals surface area contributed by atoms with Gasteiger partial charge in [-0.2, -0.15) is 0 Å². The molecule has 8 heteroatoms. The van der Waals surface area contributed by atoms with Crippen LogP contribution in [-0.4, -0.2) is 41.2 Å². The molecule has 0 aliphatic carbocycles. The van der Waals surface area contributed by atoms with Crippen molar-refractivity contribution in [1.82, 2.24) is 4.90 Å². The van der Waals surface area contributed by atoms with Gasteiger partial charge >= 0.3 is 0 Å². The summed E-state index contributed by atoms with van der Waals surface area (Å²) in [5.74, 6) is -1.05. The summed E-state index contributed by atoms with van der Waals surface area (Å²) < 4.78 is 13.0. The molecular weight excluding hydrogens is 317 g/mol. The van der Waals surface area contributed by atoms with E-state index in [9.17, 15) is 14.0 Å². The van der Waals surface area contributed by atoms with E-state index in [1.165, 1.54) is 34.9 Å². The summed E-state index contributed by atoms with van der Waals surface area (Å²) in [6, 6.07) is 3.90. The van der Waals surface area contributed by atoms with Gasteiger partial charge in [-0.1, -0.05) is 23.4 Å². The van der Waals surface area contributed by atoms with E-state index >= 15 is 0 Å². The van der Waals surface area contributed by atoms with Crippen LogP contribution in [0.5, 0.6) is 0 Å². The number of carbonyl (C=O) groups is 2. The Labute approximate surface area is 130 Å². The molecule has 2 rings (SSSR count). The molecule has 2 amide bonds. The minimum atomic E-state index is -0.554. The van der Waals surface area contributed by atoms with Gasteiger partial charge in [-0.25, -0.2) is 4.39 Å². The third-order valence-electron chi connectivity index (χ3n) is 2.91. The minimum Gasteiger partial charge on any atom is -0.326 e. The van der Waals surface area contributed by atoms with Crippen molar-refractivity contribution in [2.75, 3.05) is 19.4 Å². The lowest BCUT2D eigenvalue weighted by Crippen LogP contribution is -2.30. The van der Waals surface area contributed by atoms with Crippen molar-refractivity contribution in [3.05, 3.63) is 29.0 Å². The molecule has 1 aliphatic rings. The Morgan fingerprint density at radius 3 is 2.86 bits per heavy atom. The molecule has 0 aromatic heterocycles. The molecule has 1 saturated heterocycles. The van der Waals surface area contributed by atoms with Crippen molar-refractivity contribution in [3.8, 4) is 0 Å². The molecule has 1 aliphatic heterocycles. The Morgan fingerprint density at radius 1 is 1.57 bits per heavy atom. The molecule has 0 spiro atoms. The number of anilines is 1. The molecule has 1 aromatic rings. The highest BCUT2D eigenvalue weighted by molar-refractivity contribution is 8.15. The molecule has 1 atom stereocenters. The van der Waals surface area contributed by atoms with Crippen molar-refractivity contribution in [2.24, 2.45) is 4.99 Å². The van der Waals surface area contributed by atoms with Gasteiger partial charge in [0.2, 0.25) is 11.8 Å². The van der Waals surface area contributed by atoms with Gasteiger partial charge in [0.1, 0.15) is 11.1 Å². The van der Waals surface area contributed by atoms with Crippen molar-refractivity contribution in [2.45, 2.75) is 11.7 Å². The van der Waals surface area contributed by atoms with Crippen LogP contribution in [0.25, 0.3) is 0 Å². The van der Waals surface area contributed by atoms with Crippen molar-refractivity contribution in [3.63, 3.8) is 0 Å². The first-order valence-corrected chi connectivity index (χ1v) is 7.34. The zero-order chi connectivity index (χ0) is 15.6. The molecule has 0 bridgehead atoms. The molecule has 1 N–H and O–H groups in total. The van der Waals surface area contributed by atoms with Crippen LogP contribution in [0.3, 0.4) is 0 Å².